The maximum atomic E-state index is 12.8. The highest BCUT2D eigenvalue weighted by Crippen LogP contribution is 2.36. The Bertz CT molecular complexity index is 1050. The summed E-state index contributed by atoms with van der Waals surface area (Å²) in [7, 11) is 0. The van der Waals surface area contributed by atoms with E-state index in [1.807, 2.05) is 30.9 Å². The van der Waals surface area contributed by atoms with Crippen LogP contribution in [0.2, 0.25) is 0 Å². The van der Waals surface area contributed by atoms with Gasteiger partial charge in [-0.1, -0.05) is 60.2 Å². The fourth-order valence-electron chi connectivity index (χ4n) is 4.89. The van der Waals surface area contributed by atoms with Crippen LogP contribution in [0.5, 0.6) is 0 Å². The molecule has 1 fully saturated rings. The summed E-state index contributed by atoms with van der Waals surface area (Å²) in [5.41, 5.74) is 8.72. The van der Waals surface area contributed by atoms with Gasteiger partial charge in [-0.15, -0.1) is 0 Å². The van der Waals surface area contributed by atoms with Crippen molar-refractivity contribution in [3.05, 3.63) is 100 Å². The van der Waals surface area contributed by atoms with Gasteiger partial charge in [-0.05, 0) is 81.5 Å². The molecule has 0 bridgehead atoms. The van der Waals surface area contributed by atoms with E-state index >= 15 is 0 Å². The first-order chi connectivity index (χ1) is 16.7. The Kier molecular flexibility index (Phi) is 8.37. The van der Waals surface area contributed by atoms with Gasteiger partial charge in [0.15, 0.2) is 0 Å². The summed E-state index contributed by atoms with van der Waals surface area (Å²) >= 11 is 0. The molecule has 1 aliphatic heterocycles. The van der Waals surface area contributed by atoms with Crippen LogP contribution in [0, 0.1) is 0 Å². The van der Waals surface area contributed by atoms with E-state index in [-0.39, 0.29) is 5.91 Å². The number of nitrogens with one attached hydrogen (secondary N) is 2. The second-order valence-corrected chi connectivity index (χ2v) is 8.96. The molecule has 2 aliphatic rings. The molecule has 4 heteroatoms. The van der Waals surface area contributed by atoms with Crippen LogP contribution < -0.4 is 10.6 Å². The van der Waals surface area contributed by atoms with Crippen LogP contribution in [0.1, 0.15) is 61.0 Å². The maximum absolute atomic E-state index is 12.8. The fourth-order valence-corrected chi connectivity index (χ4v) is 4.89. The van der Waals surface area contributed by atoms with Crippen LogP contribution >= 0.6 is 0 Å². The molecule has 2 N–H and O–H groups in total. The summed E-state index contributed by atoms with van der Waals surface area (Å²) < 4.78 is 0. The number of allylic oxidation sites excluding steroid dienone is 5. The Balaban J connectivity index is 1.69. The molecule has 1 heterocycles. The highest BCUT2D eigenvalue weighted by molar-refractivity contribution is 5.95. The Labute approximate surface area is 204 Å². The van der Waals surface area contributed by atoms with Gasteiger partial charge in [0.1, 0.15) is 0 Å². The zero-order chi connectivity index (χ0) is 23.8. The van der Waals surface area contributed by atoms with Gasteiger partial charge in [-0.2, -0.15) is 0 Å². The lowest BCUT2D eigenvalue weighted by Gasteiger charge is -2.26. The molecule has 0 atom stereocenters. The third-order valence-corrected chi connectivity index (χ3v) is 6.82. The zero-order valence-corrected chi connectivity index (χ0v) is 20.6. The first-order valence-corrected chi connectivity index (χ1v) is 12.7. The van der Waals surface area contributed by atoms with Gasteiger partial charge in [-0.25, -0.2) is 0 Å². The zero-order valence-electron chi connectivity index (χ0n) is 20.6. The molecule has 2 aromatic rings. The Hall–Kier alpha value is -3.11. The number of nitrogens with zero attached hydrogens (tertiary/aromatic N) is 1. The molecule has 1 amide bonds. The first kappa shape index (κ1) is 24.0. The number of benzene rings is 2. The number of piperidine rings is 1. The van der Waals surface area contributed by atoms with E-state index < -0.39 is 0 Å². The van der Waals surface area contributed by atoms with Crippen molar-refractivity contribution < 1.29 is 4.79 Å². The number of amides is 1. The van der Waals surface area contributed by atoms with E-state index in [0.29, 0.717) is 0 Å². The Morgan fingerprint density at radius 3 is 2.26 bits per heavy atom. The average Bonchev–Trinajstić information content (AvgIpc) is 2.90. The van der Waals surface area contributed by atoms with Crippen LogP contribution in [0.15, 0.2) is 83.6 Å². The van der Waals surface area contributed by atoms with E-state index in [2.05, 4.69) is 65.3 Å². The van der Waals surface area contributed by atoms with E-state index in [1.54, 1.807) is 0 Å². The molecule has 0 aromatic heterocycles. The van der Waals surface area contributed by atoms with Gasteiger partial charge in [0, 0.05) is 36.5 Å². The number of hydrogen-bond acceptors (Lipinski definition) is 3. The molecule has 1 saturated heterocycles. The molecule has 4 nitrogen and oxygen atoms in total. The smallest absolute Gasteiger partial charge is 0.253 e. The molecule has 4 rings (SSSR count). The number of rotatable bonds is 8. The molecule has 178 valence electrons. The van der Waals surface area contributed by atoms with E-state index in [9.17, 15) is 4.79 Å². The normalized spacial score (nSPS) is 15.9. The highest BCUT2D eigenvalue weighted by atomic mass is 16.2. The van der Waals surface area contributed by atoms with Crippen molar-refractivity contribution in [3.8, 4) is 0 Å². The maximum Gasteiger partial charge on any atom is 0.253 e. The molecular formula is C30H37N3O. The highest BCUT2D eigenvalue weighted by Gasteiger charge is 2.21. The quantitative estimate of drug-likeness (QED) is 0.537. The van der Waals surface area contributed by atoms with Crippen LogP contribution in [-0.2, 0) is 6.54 Å². The molecule has 2 aromatic carbocycles. The van der Waals surface area contributed by atoms with Gasteiger partial charge >= 0.3 is 0 Å². The summed E-state index contributed by atoms with van der Waals surface area (Å²) in [6, 6.07) is 18.9. The lowest BCUT2D eigenvalue weighted by atomic mass is 9.85. The summed E-state index contributed by atoms with van der Waals surface area (Å²) in [5, 5.41) is 7.25. The summed E-state index contributed by atoms with van der Waals surface area (Å²) in [6.07, 6.45) is 8.78. The van der Waals surface area contributed by atoms with E-state index in [0.717, 1.165) is 64.0 Å². The topological polar surface area (TPSA) is 44.4 Å². The minimum Gasteiger partial charge on any atom is -0.384 e. The third kappa shape index (κ3) is 5.68. The van der Waals surface area contributed by atoms with Crippen molar-refractivity contribution in [2.75, 3.05) is 26.2 Å². The minimum atomic E-state index is 0.106. The second-order valence-electron chi connectivity index (χ2n) is 8.96. The van der Waals surface area contributed by atoms with Crippen molar-refractivity contribution in [1.82, 2.24) is 15.5 Å². The molecule has 0 saturated carbocycles. The largest absolute Gasteiger partial charge is 0.384 e. The third-order valence-electron chi connectivity index (χ3n) is 6.82. The molecule has 0 radical (unpaired) electrons. The monoisotopic (exact) mass is 455 g/mol. The molecule has 0 spiro atoms. The van der Waals surface area contributed by atoms with Gasteiger partial charge in [-0.3, -0.25) is 4.79 Å². The van der Waals surface area contributed by atoms with Gasteiger partial charge < -0.3 is 15.5 Å². The lowest BCUT2D eigenvalue weighted by molar-refractivity contribution is 0.0773. The molecule has 0 unspecified atom stereocenters. The van der Waals surface area contributed by atoms with Gasteiger partial charge in [0.25, 0.3) is 5.91 Å². The summed E-state index contributed by atoms with van der Waals surface area (Å²) in [5.74, 6) is 0.106. The SMILES string of the molecule is CCN(CC)C(=O)c1ccc(C(=C2CCNCC2)C2=C(NCc3ccccc3)CCC=C2)cc1. The van der Waals surface area contributed by atoms with Crippen LogP contribution in [0.3, 0.4) is 0 Å². The Morgan fingerprint density at radius 2 is 1.59 bits per heavy atom. The molecule has 1 aliphatic carbocycles. The second kappa shape index (κ2) is 11.8. The Morgan fingerprint density at radius 1 is 0.912 bits per heavy atom. The number of carbonyl (C=O) groups is 1. The predicted octanol–water partition coefficient (Wildman–Crippen LogP) is 5.70. The lowest BCUT2D eigenvalue weighted by Crippen LogP contribution is -2.30. The number of carbonyl (C=O) groups excluding carboxylic acids is 1. The van der Waals surface area contributed by atoms with Crippen molar-refractivity contribution in [3.63, 3.8) is 0 Å². The standard InChI is InChI=1S/C30H37N3O/c1-3-33(4-2)30(34)26-16-14-24(15-17-26)29(25-18-20-31-21-19-25)27-12-8-9-13-28(27)32-22-23-10-6-5-7-11-23/h5-8,10-12,14-17,31-32H,3-4,9,13,18-22H2,1-2H3. The van der Waals surface area contributed by atoms with Crippen molar-refractivity contribution >= 4 is 11.5 Å². The van der Waals surface area contributed by atoms with Crippen molar-refractivity contribution in [1.29, 1.82) is 0 Å². The van der Waals surface area contributed by atoms with Crippen LogP contribution in [0.4, 0.5) is 0 Å². The average molecular weight is 456 g/mol. The minimum absolute atomic E-state index is 0.106. The van der Waals surface area contributed by atoms with Crippen molar-refractivity contribution in [2.45, 2.75) is 46.1 Å². The number of hydrogen-bond donors (Lipinski definition) is 2. The van der Waals surface area contributed by atoms with Gasteiger partial charge in [0.2, 0.25) is 0 Å². The van der Waals surface area contributed by atoms with Crippen LogP contribution in [-0.4, -0.2) is 37.0 Å². The molecular weight excluding hydrogens is 418 g/mol. The first-order valence-electron chi connectivity index (χ1n) is 12.7. The van der Waals surface area contributed by atoms with Crippen LogP contribution in [0.25, 0.3) is 5.57 Å². The summed E-state index contributed by atoms with van der Waals surface area (Å²) in [4.78, 5) is 14.7. The predicted molar refractivity (Wildman–Crippen MR) is 141 cm³/mol. The summed E-state index contributed by atoms with van der Waals surface area (Å²) in [6.45, 7) is 8.38. The van der Waals surface area contributed by atoms with E-state index in [1.165, 1.54) is 33.5 Å². The van der Waals surface area contributed by atoms with E-state index in [4.69, 9.17) is 0 Å². The van der Waals surface area contributed by atoms with Gasteiger partial charge in [0.05, 0.1) is 0 Å². The van der Waals surface area contributed by atoms with Crippen molar-refractivity contribution in [2.24, 2.45) is 0 Å². The molecule has 34 heavy (non-hydrogen) atoms. The fraction of sp³-hybridized carbons (Fsp3) is 0.367.